The molecule has 0 fully saturated rings. The Bertz CT molecular complexity index is 567. The van der Waals surface area contributed by atoms with Gasteiger partial charge in [-0.1, -0.05) is 15.9 Å². The lowest BCUT2D eigenvalue weighted by Crippen LogP contribution is -2.09. The summed E-state index contributed by atoms with van der Waals surface area (Å²) in [6.07, 6.45) is 1.41. The first-order valence-electron chi connectivity index (χ1n) is 6.01. The molecular formula is C14H16BrNO4. The van der Waals surface area contributed by atoms with Crippen LogP contribution in [0.1, 0.15) is 25.0 Å². The topological polar surface area (TPSA) is 75.6 Å². The van der Waals surface area contributed by atoms with Gasteiger partial charge in [0.05, 0.1) is 6.61 Å². The molecule has 0 unspecified atom stereocenters. The Morgan fingerprint density at radius 2 is 2.10 bits per heavy atom. The third-order valence-corrected chi connectivity index (χ3v) is 3.40. The molecule has 0 aliphatic rings. The van der Waals surface area contributed by atoms with Crippen LogP contribution in [0.4, 0.5) is 5.69 Å². The molecule has 0 atom stereocenters. The van der Waals surface area contributed by atoms with Crippen molar-refractivity contribution in [1.82, 2.24) is 0 Å². The molecule has 1 rings (SSSR count). The molecule has 0 saturated heterocycles. The maximum atomic E-state index is 11.2. The average molecular weight is 342 g/mol. The first kappa shape index (κ1) is 16.2. The highest BCUT2D eigenvalue weighted by atomic mass is 79.9. The van der Waals surface area contributed by atoms with E-state index < -0.39 is 5.97 Å². The molecule has 20 heavy (non-hydrogen) atoms. The van der Waals surface area contributed by atoms with Crippen molar-refractivity contribution >= 4 is 39.6 Å². The van der Waals surface area contributed by atoms with Crippen LogP contribution in [-0.4, -0.2) is 23.6 Å². The molecule has 0 aliphatic carbocycles. The summed E-state index contributed by atoms with van der Waals surface area (Å²) in [5.74, 6) is -1.55. The quantitative estimate of drug-likeness (QED) is 0.637. The van der Waals surface area contributed by atoms with Crippen molar-refractivity contribution in [3.63, 3.8) is 0 Å². The monoisotopic (exact) mass is 341 g/mol. The number of carbonyl (C=O) groups is 2. The van der Waals surface area contributed by atoms with Crippen LogP contribution >= 0.6 is 15.9 Å². The van der Waals surface area contributed by atoms with Gasteiger partial charge in [-0.3, -0.25) is 4.79 Å². The lowest BCUT2D eigenvalue weighted by Gasteiger charge is -2.12. The zero-order chi connectivity index (χ0) is 15.3. The average Bonchev–Trinajstić information content (AvgIpc) is 2.36. The number of carboxylic acid groups (broad SMARTS) is 1. The summed E-state index contributed by atoms with van der Waals surface area (Å²) in [6.45, 7) is 5.18. The number of amides is 1. The predicted molar refractivity (Wildman–Crippen MR) is 80.4 cm³/mol. The molecule has 0 heterocycles. The van der Waals surface area contributed by atoms with Crippen LogP contribution in [0.25, 0.3) is 6.08 Å². The molecule has 6 heteroatoms. The van der Waals surface area contributed by atoms with Gasteiger partial charge in [-0.25, -0.2) is 4.79 Å². The summed E-state index contributed by atoms with van der Waals surface area (Å²) < 4.78 is 5.91. The van der Waals surface area contributed by atoms with Gasteiger partial charge in [0.15, 0.2) is 0 Å². The van der Waals surface area contributed by atoms with Gasteiger partial charge in [-0.05, 0) is 37.6 Å². The second-order valence-corrected chi connectivity index (χ2v) is 4.92. The Morgan fingerprint density at radius 3 is 2.60 bits per heavy atom. The van der Waals surface area contributed by atoms with E-state index in [4.69, 9.17) is 9.84 Å². The summed E-state index contributed by atoms with van der Waals surface area (Å²) >= 11 is 3.38. The molecule has 0 aliphatic heterocycles. The fraction of sp³-hybridized carbons (Fsp3) is 0.286. The minimum atomic E-state index is -1.15. The highest BCUT2D eigenvalue weighted by Crippen LogP contribution is 2.29. The van der Waals surface area contributed by atoms with Crippen LogP contribution in [0.15, 0.2) is 22.4 Å². The van der Waals surface area contributed by atoms with Gasteiger partial charge in [-0.2, -0.15) is 0 Å². The summed E-state index contributed by atoms with van der Waals surface area (Å²) in [7, 11) is 0. The number of nitrogens with one attached hydrogen (secondary N) is 1. The Hall–Kier alpha value is -1.82. The van der Waals surface area contributed by atoms with E-state index in [1.165, 1.54) is 13.0 Å². The maximum Gasteiger partial charge on any atom is 0.371 e. The van der Waals surface area contributed by atoms with Crippen LogP contribution in [0.2, 0.25) is 0 Å². The molecule has 1 amide bonds. The van der Waals surface area contributed by atoms with E-state index in [1.54, 1.807) is 19.1 Å². The number of hydrogen-bond donors (Lipinski definition) is 2. The second kappa shape index (κ2) is 7.09. The Morgan fingerprint density at radius 1 is 1.45 bits per heavy atom. The van der Waals surface area contributed by atoms with E-state index in [0.29, 0.717) is 11.3 Å². The number of anilines is 1. The van der Waals surface area contributed by atoms with E-state index in [2.05, 4.69) is 21.2 Å². The van der Waals surface area contributed by atoms with Gasteiger partial charge in [0.25, 0.3) is 0 Å². The Labute approximate surface area is 125 Å². The second-order valence-electron chi connectivity index (χ2n) is 4.06. The van der Waals surface area contributed by atoms with Gasteiger partial charge in [0, 0.05) is 22.6 Å². The van der Waals surface area contributed by atoms with Crippen molar-refractivity contribution in [3.05, 3.63) is 33.5 Å². The fourth-order valence-corrected chi connectivity index (χ4v) is 1.98. The van der Waals surface area contributed by atoms with Crippen LogP contribution in [0, 0.1) is 6.92 Å². The van der Waals surface area contributed by atoms with Crippen LogP contribution in [0.5, 0.6) is 0 Å². The third-order valence-electron chi connectivity index (χ3n) is 2.55. The number of ether oxygens (including phenoxy) is 1. The van der Waals surface area contributed by atoms with Crippen molar-refractivity contribution < 1.29 is 19.4 Å². The number of benzene rings is 1. The van der Waals surface area contributed by atoms with Gasteiger partial charge in [0.1, 0.15) is 0 Å². The van der Waals surface area contributed by atoms with Crippen molar-refractivity contribution in [1.29, 1.82) is 0 Å². The van der Waals surface area contributed by atoms with E-state index in [1.807, 2.05) is 6.92 Å². The van der Waals surface area contributed by atoms with Crippen molar-refractivity contribution in [2.24, 2.45) is 0 Å². The molecule has 1 aromatic carbocycles. The molecule has 0 aromatic heterocycles. The summed E-state index contributed by atoms with van der Waals surface area (Å²) in [5.41, 5.74) is 1.95. The molecule has 108 valence electrons. The lowest BCUT2D eigenvalue weighted by atomic mass is 10.1. The number of rotatable bonds is 5. The first-order chi connectivity index (χ1) is 9.36. The molecule has 0 spiro atoms. The molecule has 1 aromatic rings. The van der Waals surface area contributed by atoms with Crippen LogP contribution < -0.4 is 5.32 Å². The predicted octanol–water partition coefficient (Wildman–Crippen LogP) is 3.18. The normalized spacial score (nSPS) is 11.1. The third kappa shape index (κ3) is 4.09. The van der Waals surface area contributed by atoms with E-state index in [-0.39, 0.29) is 18.3 Å². The standard InChI is InChI=1S/C14H16BrNO4/c1-4-20-13(14(18)19)7-10-8(2)11(15)5-6-12(10)16-9(3)17/h5-7H,4H2,1-3H3,(H,16,17)(H,18,19)/b13-7-. The number of carboxylic acids is 1. The first-order valence-corrected chi connectivity index (χ1v) is 6.80. The number of carbonyl (C=O) groups excluding carboxylic acids is 1. The molecule has 0 bridgehead atoms. The van der Waals surface area contributed by atoms with Gasteiger partial charge >= 0.3 is 5.97 Å². The van der Waals surface area contributed by atoms with Crippen LogP contribution in [0.3, 0.4) is 0 Å². The highest BCUT2D eigenvalue weighted by Gasteiger charge is 2.13. The minimum Gasteiger partial charge on any atom is -0.487 e. The number of hydrogen-bond acceptors (Lipinski definition) is 3. The zero-order valence-electron chi connectivity index (χ0n) is 11.5. The van der Waals surface area contributed by atoms with Gasteiger partial charge in [0.2, 0.25) is 11.7 Å². The molecule has 5 nitrogen and oxygen atoms in total. The summed E-state index contributed by atoms with van der Waals surface area (Å²) in [4.78, 5) is 22.3. The highest BCUT2D eigenvalue weighted by molar-refractivity contribution is 9.10. The summed E-state index contributed by atoms with van der Waals surface area (Å²) in [6, 6.07) is 3.49. The minimum absolute atomic E-state index is 0.166. The molecule has 2 N–H and O–H groups in total. The van der Waals surface area contributed by atoms with E-state index in [9.17, 15) is 9.59 Å². The Balaban J connectivity index is 3.39. The van der Waals surface area contributed by atoms with Gasteiger partial charge in [-0.15, -0.1) is 0 Å². The smallest absolute Gasteiger partial charge is 0.371 e. The van der Waals surface area contributed by atoms with Crippen LogP contribution in [-0.2, 0) is 14.3 Å². The molecular weight excluding hydrogens is 326 g/mol. The SMILES string of the molecule is CCO/C(=C\c1c(NC(C)=O)ccc(Br)c1C)C(=O)O. The van der Waals surface area contributed by atoms with Crippen molar-refractivity contribution in [2.75, 3.05) is 11.9 Å². The van der Waals surface area contributed by atoms with Gasteiger partial charge < -0.3 is 15.2 Å². The van der Waals surface area contributed by atoms with E-state index in [0.717, 1.165) is 10.0 Å². The fourth-order valence-electron chi connectivity index (χ4n) is 1.64. The van der Waals surface area contributed by atoms with Crippen molar-refractivity contribution in [3.8, 4) is 0 Å². The largest absolute Gasteiger partial charge is 0.487 e. The zero-order valence-corrected chi connectivity index (χ0v) is 13.1. The number of halogens is 1. The Kier molecular flexibility index (Phi) is 5.76. The van der Waals surface area contributed by atoms with Crippen molar-refractivity contribution in [2.45, 2.75) is 20.8 Å². The lowest BCUT2D eigenvalue weighted by molar-refractivity contribution is -0.136. The van der Waals surface area contributed by atoms with E-state index >= 15 is 0 Å². The molecule has 0 radical (unpaired) electrons. The number of aliphatic carboxylic acids is 1. The summed E-state index contributed by atoms with van der Waals surface area (Å²) in [5, 5.41) is 11.8. The maximum absolute atomic E-state index is 11.2. The molecule has 0 saturated carbocycles.